The van der Waals surface area contributed by atoms with Crippen LogP contribution in [0.4, 0.5) is 0 Å². The molecule has 25 heteroatoms. The van der Waals surface area contributed by atoms with E-state index in [4.69, 9.17) is 17.2 Å². The Hall–Kier alpha value is -6.11. The Labute approximate surface area is 414 Å². The quantitative estimate of drug-likeness (QED) is 0.0771. The van der Waals surface area contributed by atoms with Crippen LogP contribution in [0, 0.1) is 11.8 Å². The number of phenolic OH excluding ortho intramolecular Hbond substituents is 1. The highest BCUT2D eigenvalue weighted by molar-refractivity contribution is 8.77. The maximum absolute atomic E-state index is 14.6. The summed E-state index contributed by atoms with van der Waals surface area (Å²) in [6.07, 6.45) is -0.731. The average molecular weight is 1020 g/mol. The molecular weight excluding hydrogens is 951 g/mol. The third kappa shape index (κ3) is 19.0. The Morgan fingerprint density at radius 1 is 0.829 bits per heavy atom. The normalized spacial score (nSPS) is 23.8. The van der Waals surface area contributed by atoms with Gasteiger partial charge in [0.2, 0.25) is 65.0 Å². The van der Waals surface area contributed by atoms with Gasteiger partial charge in [-0.05, 0) is 69.1 Å². The van der Waals surface area contributed by atoms with E-state index in [0.29, 0.717) is 18.4 Å². The second-order valence-corrected chi connectivity index (χ2v) is 21.6. The van der Waals surface area contributed by atoms with Gasteiger partial charge in [-0.15, -0.1) is 0 Å². The van der Waals surface area contributed by atoms with Crippen molar-refractivity contribution in [1.29, 1.82) is 0 Å². The lowest BCUT2D eigenvalue weighted by Gasteiger charge is -2.32. The van der Waals surface area contributed by atoms with Gasteiger partial charge in [-0.3, -0.25) is 52.7 Å². The molecule has 0 radical (unpaired) electrons. The van der Waals surface area contributed by atoms with E-state index in [0.717, 1.165) is 10.8 Å². The summed E-state index contributed by atoms with van der Waals surface area (Å²) in [5.74, 6) is -9.83. The van der Waals surface area contributed by atoms with Crippen LogP contribution in [0.1, 0.15) is 98.5 Å². The molecule has 2 saturated heterocycles. The van der Waals surface area contributed by atoms with Gasteiger partial charge in [0.15, 0.2) is 0 Å². The number of hydrogen-bond donors (Lipinski definition) is 11. The second kappa shape index (κ2) is 27.3. The predicted molar refractivity (Wildman–Crippen MR) is 260 cm³/mol. The van der Waals surface area contributed by atoms with Gasteiger partial charge >= 0.3 is 0 Å². The molecule has 0 bridgehead atoms. The molecule has 2 fully saturated rings. The van der Waals surface area contributed by atoms with Crippen LogP contribution in [0.5, 0.6) is 5.75 Å². The maximum Gasteiger partial charge on any atom is 0.246 e. The monoisotopic (exact) mass is 1020 g/mol. The number of benzene rings is 1. The van der Waals surface area contributed by atoms with Crippen LogP contribution in [0.3, 0.4) is 0 Å². The molecule has 0 saturated carbocycles. The second-order valence-electron chi connectivity index (χ2n) is 18.6. The molecule has 0 spiro atoms. The molecule has 2 aliphatic heterocycles. The van der Waals surface area contributed by atoms with Crippen molar-refractivity contribution in [3.05, 3.63) is 29.8 Å². The van der Waals surface area contributed by atoms with Gasteiger partial charge in [0.25, 0.3) is 0 Å². The molecule has 2 aliphatic rings. The average Bonchev–Trinajstić information content (AvgIpc) is 3.77. The van der Waals surface area contributed by atoms with Gasteiger partial charge in [-0.2, -0.15) is 0 Å². The number of likely N-dealkylation sites (tertiary alicyclic amines) is 1. The molecule has 1 aromatic rings. The standard InChI is InChI=1S/C45H69N11O12S2/c1-7-24(4)37-43(67)51-27(14-15-33(46)58)39(63)52-30(19-34(47)59)40(64)54-31(44(68)56-16-8-9-32(56)42(66)53-28(17-23(2)3)38(62)49-21-35(48)60)22-69-70-45(5,6)20-36(61)50-29(41(65)55-37)18-25-10-12-26(57)13-11-25/h10-13,23-24,27-32,37,57H,7-9,14-22H2,1-6H3,(H2,46,58)(H2,47,59)(H2,48,60)(H,49,62)(H,50,61)(H,51,67)(H,52,63)(H,53,66)(H,54,64)(H,55,65)/t24-,27-,28-,29-,30-,31-,32-,37-/m0/s1. The highest BCUT2D eigenvalue weighted by atomic mass is 33.1. The number of nitrogens with two attached hydrogens (primary N) is 3. The van der Waals surface area contributed by atoms with Gasteiger partial charge < -0.3 is 64.4 Å². The molecule has 388 valence electrons. The Balaban J connectivity index is 2.08. The van der Waals surface area contributed by atoms with Crippen LogP contribution in [-0.2, 0) is 59.2 Å². The number of nitrogens with zero attached hydrogens (tertiary/aromatic N) is 1. The number of carbonyl (C=O) groups excluding carboxylic acids is 11. The van der Waals surface area contributed by atoms with Crippen molar-refractivity contribution in [3.8, 4) is 5.75 Å². The maximum atomic E-state index is 14.6. The minimum absolute atomic E-state index is 0.0285. The summed E-state index contributed by atoms with van der Waals surface area (Å²) in [5, 5.41) is 28.0. The Bertz CT molecular complexity index is 2090. The van der Waals surface area contributed by atoms with E-state index >= 15 is 0 Å². The third-order valence-electron chi connectivity index (χ3n) is 11.5. The minimum Gasteiger partial charge on any atom is -0.508 e. The fourth-order valence-corrected chi connectivity index (χ4v) is 10.4. The number of nitrogens with one attached hydrogen (secondary N) is 7. The summed E-state index contributed by atoms with van der Waals surface area (Å²) in [4.78, 5) is 149. The molecule has 8 atom stereocenters. The largest absolute Gasteiger partial charge is 0.508 e. The highest BCUT2D eigenvalue weighted by Gasteiger charge is 2.41. The van der Waals surface area contributed by atoms with E-state index in [9.17, 15) is 57.8 Å². The van der Waals surface area contributed by atoms with Crippen molar-refractivity contribution in [2.24, 2.45) is 29.0 Å². The molecule has 0 aromatic heterocycles. The van der Waals surface area contributed by atoms with Crippen LogP contribution < -0.4 is 54.4 Å². The molecule has 14 N–H and O–H groups in total. The lowest BCUT2D eigenvalue weighted by atomic mass is 9.96. The summed E-state index contributed by atoms with van der Waals surface area (Å²) in [6.45, 7) is 10.2. The highest BCUT2D eigenvalue weighted by Crippen LogP contribution is 2.39. The number of carbonyl (C=O) groups is 11. The van der Waals surface area contributed by atoms with Crippen molar-refractivity contribution in [2.45, 2.75) is 146 Å². The zero-order chi connectivity index (χ0) is 52.5. The molecular formula is C45H69N11O12S2. The predicted octanol–water partition coefficient (Wildman–Crippen LogP) is -1.77. The van der Waals surface area contributed by atoms with E-state index in [2.05, 4.69) is 37.2 Å². The Morgan fingerprint density at radius 3 is 2.06 bits per heavy atom. The first kappa shape index (κ1) is 58.2. The first-order chi connectivity index (χ1) is 32.8. The van der Waals surface area contributed by atoms with Crippen LogP contribution in [0.2, 0.25) is 0 Å². The van der Waals surface area contributed by atoms with Crippen molar-refractivity contribution in [3.63, 3.8) is 0 Å². The SMILES string of the molecule is CC[C@H](C)[C@@H]1NC(=O)[C@H](Cc2ccc(O)cc2)NC(=O)CC(C)(C)SSC[C@@H](C(=O)N2CCC[C@H]2C(=O)N[C@@H](CC(C)C)C(=O)NCC(N)=O)NC(=O)[C@H](CC(N)=O)NC(=O)[C@H](CCC(N)=O)NC1=O. The van der Waals surface area contributed by atoms with Crippen LogP contribution >= 0.6 is 21.6 Å². The van der Waals surface area contributed by atoms with E-state index in [1.54, 1.807) is 39.8 Å². The summed E-state index contributed by atoms with van der Waals surface area (Å²) >= 11 is 0. The first-order valence-electron chi connectivity index (χ1n) is 23.1. The molecule has 23 nitrogen and oxygen atoms in total. The topological polar surface area (TPSA) is 374 Å². The fraction of sp³-hybridized carbons (Fsp3) is 0.622. The van der Waals surface area contributed by atoms with Crippen LogP contribution in [-0.4, -0.2) is 141 Å². The third-order valence-corrected chi connectivity index (χ3v) is 14.8. The number of primary amides is 3. The molecule has 0 unspecified atom stereocenters. The van der Waals surface area contributed by atoms with Crippen LogP contribution in [0.25, 0.3) is 0 Å². The minimum atomic E-state index is -1.74. The molecule has 3 rings (SSSR count). The zero-order valence-electron chi connectivity index (χ0n) is 40.4. The molecule has 70 heavy (non-hydrogen) atoms. The van der Waals surface area contributed by atoms with Gasteiger partial charge in [0, 0.05) is 36.3 Å². The lowest BCUT2D eigenvalue weighted by molar-refractivity contribution is -0.142. The van der Waals surface area contributed by atoms with Crippen molar-refractivity contribution in [2.75, 3.05) is 18.8 Å². The molecule has 11 amide bonds. The van der Waals surface area contributed by atoms with Crippen molar-refractivity contribution in [1.82, 2.24) is 42.1 Å². The number of rotatable bonds is 17. The zero-order valence-corrected chi connectivity index (χ0v) is 42.1. The summed E-state index contributed by atoms with van der Waals surface area (Å²) in [6, 6.07) is -3.53. The van der Waals surface area contributed by atoms with Gasteiger partial charge in [0.1, 0.15) is 48.0 Å². The van der Waals surface area contributed by atoms with Crippen molar-refractivity contribution < 1.29 is 57.8 Å². The van der Waals surface area contributed by atoms with E-state index < -0.39 is 137 Å². The van der Waals surface area contributed by atoms with Crippen molar-refractivity contribution >= 4 is 86.6 Å². The fourth-order valence-electron chi connectivity index (χ4n) is 7.67. The lowest BCUT2D eigenvalue weighted by Crippen LogP contribution is -2.61. The summed E-state index contributed by atoms with van der Waals surface area (Å²) in [7, 11) is 2.27. The van der Waals surface area contributed by atoms with E-state index in [-0.39, 0.29) is 56.1 Å². The Kier molecular flexibility index (Phi) is 22.7. The van der Waals surface area contributed by atoms with Gasteiger partial charge in [0.05, 0.1) is 13.0 Å². The van der Waals surface area contributed by atoms with Crippen LogP contribution in [0.15, 0.2) is 24.3 Å². The summed E-state index contributed by atoms with van der Waals surface area (Å²) in [5.41, 5.74) is 16.7. The number of amides is 11. The van der Waals surface area contributed by atoms with Gasteiger partial charge in [-0.1, -0.05) is 67.8 Å². The smallest absolute Gasteiger partial charge is 0.246 e. The first-order valence-corrected chi connectivity index (χ1v) is 25.4. The summed E-state index contributed by atoms with van der Waals surface area (Å²) < 4.78 is -0.898. The number of hydrogen-bond acceptors (Lipinski definition) is 14. The number of phenols is 1. The molecule has 0 aliphatic carbocycles. The van der Waals surface area contributed by atoms with E-state index in [1.807, 2.05) is 13.8 Å². The van der Waals surface area contributed by atoms with Gasteiger partial charge in [-0.25, -0.2) is 0 Å². The van der Waals surface area contributed by atoms with E-state index in [1.165, 1.54) is 27.8 Å². The number of aromatic hydroxyl groups is 1. The Morgan fingerprint density at radius 2 is 1.46 bits per heavy atom. The molecule has 1 aromatic carbocycles. The molecule has 2 heterocycles.